The van der Waals surface area contributed by atoms with E-state index in [4.69, 9.17) is 0 Å². The second-order valence-electron chi connectivity index (χ2n) is 6.71. The number of allylic oxidation sites excluding steroid dienone is 1. The van der Waals surface area contributed by atoms with E-state index in [2.05, 4.69) is 11.7 Å². The molecule has 146 valence electrons. The van der Waals surface area contributed by atoms with E-state index < -0.39 is 11.7 Å². The van der Waals surface area contributed by atoms with Gasteiger partial charge in [-0.2, -0.15) is 0 Å². The molecule has 0 fully saturated rings. The van der Waals surface area contributed by atoms with E-state index in [9.17, 15) is 14.7 Å². The summed E-state index contributed by atoms with van der Waals surface area (Å²) in [4.78, 5) is 22.8. The first kappa shape index (κ1) is 23.7. The molecule has 4 nitrogen and oxygen atoms in total. The second-order valence-corrected chi connectivity index (χ2v) is 6.71. The molecule has 0 unspecified atom stereocenters. The van der Waals surface area contributed by atoms with Crippen molar-refractivity contribution in [1.82, 2.24) is 0 Å². The number of esters is 1. The summed E-state index contributed by atoms with van der Waals surface area (Å²) in [6.45, 7) is 4.09. The summed E-state index contributed by atoms with van der Waals surface area (Å²) in [7, 11) is 0. The SMILES string of the molecule is CCCCCCCCCCCCCCCC(=O)C=C(O)C(=O)OCC. The van der Waals surface area contributed by atoms with Crippen molar-refractivity contribution in [1.29, 1.82) is 0 Å². The predicted octanol–water partition coefficient (Wildman–Crippen LogP) is 6.04. The lowest BCUT2D eigenvalue weighted by Gasteiger charge is -2.03. The highest BCUT2D eigenvalue weighted by Crippen LogP contribution is 2.13. The Hall–Kier alpha value is -1.32. The van der Waals surface area contributed by atoms with Crippen LogP contribution in [0.4, 0.5) is 0 Å². The van der Waals surface area contributed by atoms with E-state index in [0.29, 0.717) is 6.42 Å². The zero-order valence-electron chi connectivity index (χ0n) is 16.4. The van der Waals surface area contributed by atoms with Crippen molar-refractivity contribution in [3.05, 3.63) is 11.8 Å². The minimum absolute atomic E-state index is 0.184. The highest BCUT2D eigenvalue weighted by Gasteiger charge is 2.10. The van der Waals surface area contributed by atoms with E-state index in [0.717, 1.165) is 25.3 Å². The van der Waals surface area contributed by atoms with Crippen LogP contribution in [0.3, 0.4) is 0 Å². The van der Waals surface area contributed by atoms with Crippen LogP contribution in [0, 0.1) is 0 Å². The molecule has 0 aliphatic carbocycles. The number of hydrogen-bond acceptors (Lipinski definition) is 4. The topological polar surface area (TPSA) is 63.6 Å². The highest BCUT2D eigenvalue weighted by atomic mass is 16.5. The number of hydrogen-bond donors (Lipinski definition) is 1. The zero-order chi connectivity index (χ0) is 18.8. The maximum absolute atomic E-state index is 11.6. The number of rotatable bonds is 17. The molecule has 0 amide bonds. The fraction of sp³-hybridized carbons (Fsp3) is 0.810. The summed E-state index contributed by atoms with van der Waals surface area (Å²) in [5.74, 6) is -1.64. The minimum atomic E-state index is -0.832. The van der Waals surface area contributed by atoms with Gasteiger partial charge in [0.05, 0.1) is 6.61 Å². The van der Waals surface area contributed by atoms with Gasteiger partial charge in [-0.3, -0.25) is 4.79 Å². The third-order valence-corrected chi connectivity index (χ3v) is 4.31. The van der Waals surface area contributed by atoms with E-state index in [1.807, 2.05) is 0 Å². The zero-order valence-corrected chi connectivity index (χ0v) is 16.4. The molecule has 0 atom stereocenters. The number of ketones is 1. The minimum Gasteiger partial charge on any atom is -0.502 e. The fourth-order valence-corrected chi connectivity index (χ4v) is 2.81. The molecule has 25 heavy (non-hydrogen) atoms. The highest BCUT2D eigenvalue weighted by molar-refractivity contribution is 5.97. The smallest absolute Gasteiger partial charge is 0.373 e. The summed E-state index contributed by atoms with van der Waals surface area (Å²) < 4.78 is 4.62. The third-order valence-electron chi connectivity index (χ3n) is 4.31. The van der Waals surface area contributed by atoms with Crippen LogP contribution >= 0.6 is 0 Å². The van der Waals surface area contributed by atoms with E-state index in [-0.39, 0.29) is 12.4 Å². The summed E-state index contributed by atoms with van der Waals surface area (Å²) in [5, 5.41) is 9.39. The van der Waals surface area contributed by atoms with Gasteiger partial charge in [-0.25, -0.2) is 4.79 Å². The standard InChI is InChI=1S/C21H38O4/c1-3-5-6-7-8-9-10-11-12-13-14-15-16-17-19(22)18-20(23)21(24)25-4-2/h18,23H,3-17H2,1-2H3. The van der Waals surface area contributed by atoms with Gasteiger partial charge in [-0.15, -0.1) is 0 Å². The van der Waals surface area contributed by atoms with Gasteiger partial charge in [0.15, 0.2) is 5.78 Å². The van der Waals surface area contributed by atoms with Crippen molar-refractivity contribution in [2.75, 3.05) is 6.61 Å². The van der Waals surface area contributed by atoms with Crippen molar-refractivity contribution >= 4 is 11.8 Å². The van der Waals surface area contributed by atoms with Crippen molar-refractivity contribution in [3.63, 3.8) is 0 Å². The van der Waals surface area contributed by atoms with Crippen molar-refractivity contribution in [3.8, 4) is 0 Å². The Morgan fingerprint density at radius 3 is 1.64 bits per heavy atom. The third kappa shape index (κ3) is 15.9. The number of unbranched alkanes of at least 4 members (excludes halogenated alkanes) is 12. The van der Waals surface area contributed by atoms with Gasteiger partial charge in [0.1, 0.15) is 0 Å². The first-order valence-corrected chi connectivity index (χ1v) is 10.2. The van der Waals surface area contributed by atoms with E-state index in [1.54, 1.807) is 6.92 Å². The van der Waals surface area contributed by atoms with Crippen molar-refractivity contribution < 1.29 is 19.4 Å². The predicted molar refractivity (Wildman–Crippen MR) is 103 cm³/mol. The lowest BCUT2D eigenvalue weighted by atomic mass is 10.0. The molecule has 0 aliphatic rings. The molecule has 0 radical (unpaired) electrons. The first-order valence-electron chi connectivity index (χ1n) is 10.2. The molecular weight excluding hydrogens is 316 g/mol. The summed E-state index contributed by atoms with van der Waals surface area (Å²) in [6, 6.07) is 0. The number of ether oxygens (including phenoxy) is 1. The van der Waals surface area contributed by atoms with Gasteiger partial charge in [-0.05, 0) is 13.3 Å². The Labute approximate surface area is 154 Å². The Morgan fingerprint density at radius 1 is 0.760 bits per heavy atom. The molecule has 0 saturated heterocycles. The maximum Gasteiger partial charge on any atom is 0.373 e. The summed E-state index contributed by atoms with van der Waals surface area (Å²) in [6.07, 6.45) is 17.8. The van der Waals surface area contributed by atoms with Crippen LogP contribution in [-0.4, -0.2) is 23.5 Å². The Balaban J connectivity index is 3.42. The molecule has 1 N–H and O–H groups in total. The normalized spacial score (nSPS) is 11.5. The average Bonchev–Trinajstić information content (AvgIpc) is 2.59. The molecule has 0 bridgehead atoms. The van der Waals surface area contributed by atoms with Gasteiger partial charge < -0.3 is 9.84 Å². The van der Waals surface area contributed by atoms with Gasteiger partial charge in [-0.1, -0.05) is 84.0 Å². The van der Waals surface area contributed by atoms with Gasteiger partial charge in [0.2, 0.25) is 5.76 Å². The van der Waals surface area contributed by atoms with Crippen LogP contribution in [0.5, 0.6) is 0 Å². The van der Waals surface area contributed by atoms with Crippen molar-refractivity contribution in [2.45, 2.75) is 104 Å². The van der Waals surface area contributed by atoms with Crippen LogP contribution in [0.15, 0.2) is 11.8 Å². The number of carbonyl (C=O) groups excluding carboxylic acids is 2. The summed E-state index contributed by atoms with van der Waals surface area (Å²) >= 11 is 0. The lowest BCUT2D eigenvalue weighted by molar-refractivity contribution is -0.141. The molecule has 0 rings (SSSR count). The molecule has 0 aromatic heterocycles. The van der Waals surface area contributed by atoms with Crippen LogP contribution in [0.2, 0.25) is 0 Å². The van der Waals surface area contributed by atoms with Gasteiger partial charge in [0, 0.05) is 12.5 Å². The Morgan fingerprint density at radius 2 is 1.20 bits per heavy atom. The lowest BCUT2D eigenvalue weighted by Crippen LogP contribution is -2.09. The summed E-state index contributed by atoms with van der Waals surface area (Å²) in [5.41, 5.74) is 0. The monoisotopic (exact) mass is 354 g/mol. The molecule has 0 heterocycles. The van der Waals surface area contributed by atoms with Gasteiger partial charge in [0.25, 0.3) is 0 Å². The van der Waals surface area contributed by atoms with Crippen LogP contribution < -0.4 is 0 Å². The molecular formula is C21H38O4. The Kier molecular flexibility index (Phi) is 16.6. The number of carbonyl (C=O) groups is 2. The van der Waals surface area contributed by atoms with E-state index in [1.165, 1.54) is 64.2 Å². The van der Waals surface area contributed by atoms with Crippen molar-refractivity contribution in [2.24, 2.45) is 0 Å². The second kappa shape index (κ2) is 17.5. The molecule has 0 saturated carbocycles. The first-order chi connectivity index (χ1) is 12.1. The maximum atomic E-state index is 11.6. The van der Waals surface area contributed by atoms with Gasteiger partial charge >= 0.3 is 5.97 Å². The molecule has 0 spiro atoms. The molecule has 0 aromatic carbocycles. The quantitative estimate of drug-likeness (QED) is 0.150. The largest absolute Gasteiger partial charge is 0.502 e. The fourth-order valence-electron chi connectivity index (χ4n) is 2.81. The van der Waals surface area contributed by atoms with Crippen LogP contribution in [0.25, 0.3) is 0 Å². The average molecular weight is 355 g/mol. The molecule has 4 heteroatoms. The molecule has 0 aliphatic heterocycles. The van der Waals surface area contributed by atoms with Crippen LogP contribution in [-0.2, 0) is 14.3 Å². The Bertz CT molecular complexity index is 374. The molecule has 0 aromatic rings. The number of aliphatic hydroxyl groups is 1. The number of aliphatic hydroxyl groups excluding tert-OH is 1. The van der Waals surface area contributed by atoms with Crippen LogP contribution in [0.1, 0.15) is 104 Å². The van der Waals surface area contributed by atoms with E-state index >= 15 is 0 Å².